The summed E-state index contributed by atoms with van der Waals surface area (Å²) in [6, 6.07) is 5.95. The molecule has 2 fully saturated rings. The van der Waals surface area contributed by atoms with Gasteiger partial charge in [-0.3, -0.25) is 9.48 Å². The van der Waals surface area contributed by atoms with Crippen LogP contribution in [0.2, 0.25) is 0 Å². The number of hydrogen-bond donors (Lipinski definition) is 1. The fourth-order valence-electron chi connectivity index (χ4n) is 4.10. The summed E-state index contributed by atoms with van der Waals surface area (Å²) >= 11 is 0. The Bertz CT molecular complexity index is 1070. The van der Waals surface area contributed by atoms with Gasteiger partial charge in [-0.2, -0.15) is 10.2 Å². The number of aryl methyl sites for hydroxylation is 1. The van der Waals surface area contributed by atoms with Gasteiger partial charge in [-0.05, 0) is 32.0 Å². The fraction of sp³-hybridized carbons (Fsp3) is 0.476. The number of aromatic nitrogens is 4. The van der Waals surface area contributed by atoms with Crippen molar-refractivity contribution in [3.63, 3.8) is 0 Å². The summed E-state index contributed by atoms with van der Waals surface area (Å²) in [6.45, 7) is 4.18. The van der Waals surface area contributed by atoms with Crippen molar-refractivity contribution in [1.82, 2.24) is 24.3 Å². The molecule has 1 amide bonds. The number of rotatable bonds is 5. The molecule has 152 valence electrons. The van der Waals surface area contributed by atoms with Crippen LogP contribution in [0.1, 0.15) is 19.8 Å². The van der Waals surface area contributed by atoms with Gasteiger partial charge in [0.2, 0.25) is 5.91 Å². The maximum Gasteiger partial charge on any atom is 0.228 e. The molecule has 0 bridgehead atoms. The molecule has 4 heterocycles. The molecule has 0 spiro atoms. The van der Waals surface area contributed by atoms with Crippen molar-refractivity contribution in [3.8, 4) is 17.0 Å². The van der Waals surface area contributed by atoms with Gasteiger partial charge < -0.3 is 15.0 Å². The summed E-state index contributed by atoms with van der Waals surface area (Å²) in [5.74, 6) is 2.07. The first-order valence-corrected chi connectivity index (χ1v) is 10.2. The highest BCUT2D eigenvalue weighted by atomic mass is 16.5. The number of anilines is 1. The van der Waals surface area contributed by atoms with E-state index < -0.39 is 0 Å². The summed E-state index contributed by atoms with van der Waals surface area (Å²) in [7, 11) is 4.05. The molecule has 8 heteroatoms. The second kappa shape index (κ2) is 6.88. The predicted molar refractivity (Wildman–Crippen MR) is 110 cm³/mol. The van der Waals surface area contributed by atoms with Gasteiger partial charge in [-0.1, -0.05) is 6.92 Å². The maximum atomic E-state index is 12.0. The van der Waals surface area contributed by atoms with Crippen LogP contribution in [0.5, 0.6) is 5.75 Å². The molecule has 2 unspecified atom stereocenters. The maximum absolute atomic E-state index is 12.0. The summed E-state index contributed by atoms with van der Waals surface area (Å²) in [5, 5.41) is 11.8. The van der Waals surface area contributed by atoms with E-state index in [1.165, 1.54) is 0 Å². The monoisotopic (exact) mass is 394 g/mol. The fourth-order valence-corrected chi connectivity index (χ4v) is 4.10. The van der Waals surface area contributed by atoms with Crippen LogP contribution in [-0.2, 0) is 11.8 Å². The first-order chi connectivity index (χ1) is 14.0. The number of likely N-dealkylation sites (tertiary alicyclic amines) is 1. The van der Waals surface area contributed by atoms with Gasteiger partial charge in [0.05, 0.1) is 11.7 Å². The van der Waals surface area contributed by atoms with Crippen molar-refractivity contribution in [2.24, 2.45) is 18.9 Å². The first-order valence-electron chi connectivity index (χ1n) is 10.2. The standard InChI is InChI=1S/C21H26N6O2/c1-13-11-25(2)12-18(13)29-17-10-22-26(3)20(17)15-6-7-27-16(8-15)9-19(24-27)23-21(28)14-4-5-14/h6-10,13-14,18H,4-5,11-12H2,1-3H3,(H,23,24,28). The Hall–Kier alpha value is -2.87. The molecular weight excluding hydrogens is 368 g/mol. The van der Waals surface area contributed by atoms with Crippen LogP contribution in [0, 0.1) is 11.8 Å². The molecule has 8 nitrogen and oxygen atoms in total. The van der Waals surface area contributed by atoms with E-state index in [1.54, 1.807) is 10.7 Å². The minimum Gasteiger partial charge on any atom is -0.485 e. The number of carbonyl (C=O) groups excluding carboxylic acids is 1. The SMILES string of the molecule is CC1CN(C)CC1Oc1cnn(C)c1-c1ccn2nc(NC(=O)C3CC3)cc2c1. The highest BCUT2D eigenvalue weighted by Crippen LogP contribution is 2.33. The zero-order valence-corrected chi connectivity index (χ0v) is 17.0. The molecule has 5 rings (SSSR count). The number of likely N-dealkylation sites (N-methyl/N-ethyl adjacent to an activating group) is 1. The Morgan fingerprint density at radius 3 is 2.79 bits per heavy atom. The molecule has 29 heavy (non-hydrogen) atoms. The van der Waals surface area contributed by atoms with Crippen LogP contribution in [0.3, 0.4) is 0 Å². The number of ether oxygens (including phenoxy) is 1. The van der Waals surface area contributed by atoms with E-state index in [9.17, 15) is 4.79 Å². The predicted octanol–water partition coefficient (Wildman–Crippen LogP) is 2.41. The second-order valence-electron chi connectivity index (χ2n) is 8.41. The number of hydrogen-bond acceptors (Lipinski definition) is 5. The Morgan fingerprint density at radius 1 is 1.24 bits per heavy atom. The molecule has 2 aliphatic rings. The number of fused-ring (bicyclic) bond motifs is 1. The Kier molecular flexibility index (Phi) is 4.31. The lowest BCUT2D eigenvalue weighted by atomic mass is 10.1. The smallest absolute Gasteiger partial charge is 0.228 e. The summed E-state index contributed by atoms with van der Waals surface area (Å²) < 4.78 is 9.98. The lowest BCUT2D eigenvalue weighted by molar-refractivity contribution is -0.117. The molecule has 1 N–H and O–H groups in total. The molecule has 0 radical (unpaired) electrons. The van der Waals surface area contributed by atoms with E-state index in [1.807, 2.05) is 36.1 Å². The zero-order valence-electron chi connectivity index (χ0n) is 17.0. The second-order valence-corrected chi connectivity index (χ2v) is 8.41. The highest BCUT2D eigenvalue weighted by molar-refractivity contribution is 5.93. The molecule has 1 aliphatic heterocycles. The molecule has 1 aliphatic carbocycles. The van der Waals surface area contributed by atoms with Gasteiger partial charge in [0.15, 0.2) is 11.6 Å². The quantitative estimate of drug-likeness (QED) is 0.719. The molecule has 1 saturated heterocycles. The van der Waals surface area contributed by atoms with Crippen LogP contribution in [-0.4, -0.2) is 56.4 Å². The summed E-state index contributed by atoms with van der Waals surface area (Å²) in [4.78, 5) is 14.3. The van der Waals surface area contributed by atoms with Crippen LogP contribution in [0.4, 0.5) is 5.82 Å². The number of carbonyl (C=O) groups is 1. The van der Waals surface area contributed by atoms with Gasteiger partial charge in [0.25, 0.3) is 0 Å². The number of nitrogens with one attached hydrogen (secondary N) is 1. The number of nitrogens with zero attached hydrogens (tertiary/aromatic N) is 5. The molecule has 3 aromatic heterocycles. The lowest BCUT2D eigenvalue weighted by Crippen LogP contribution is -2.24. The van der Waals surface area contributed by atoms with Crippen molar-refractivity contribution in [3.05, 3.63) is 30.6 Å². The topological polar surface area (TPSA) is 76.7 Å². The van der Waals surface area contributed by atoms with E-state index in [0.717, 1.165) is 48.5 Å². The first kappa shape index (κ1) is 18.2. The summed E-state index contributed by atoms with van der Waals surface area (Å²) in [5.41, 5.74) is 2.86. The van der Waals surface area contributed by atoms with Crippen molar-refractivity contribution in [2.75, 3.05) is 25.5 Å². The largest absolute Gasteiger partial charge is 0.485 e. The van der Waals surface area contributed by atoms with E-state index in [2.05, 4.69) is 34.4 Å². The minimum atomic E-state index is 0.0617. The van der Waals surface area contributed by atoms with Gasteiger partial charge in [-0.15, -0.1) is 0 Å². The van der Waals surface area contributed by atoms with Crippen LogP contribution in [0.25, 0.3) is 16.8 Å². The van der Waals surface area contributed by atoms with Crippen molar-refractivity contribution < 1.29 is 9.53 Å². The van der Waals surface area contributed by atoms with E-state index in [4.69, 9.17) is 4.74 Å². The Morgan fingerprint density at radius 2 is 2.07 bits per heavy atom. The van der Waals surface area contributed by atoms with Gasteiger partial charge in [0.1, 0.15) is 11.8 Å². The van der Waals surface area contributed by atoms with Crippen LogP contribution in [0.15, 0.2) is 30.6 Å². The van der Waals surface area contributed by atoms with Crippen molar-refractivity contribution in [2.45, 2.75) is 25.9 Å². The third kappa shape index (κ3) is 3.48. The van der Waals surface area contributed by atoms with Crippen molar-refractivity contribution in [1.29, 1.82) is 0 Å². The Balaban J connectivity index is 1.43. The minimum absolute atomic E-state index is 0.0617. The average molecular weight is 394 g/mol. The van der Waals surface area contributed by atoms with Gasteiger partial charge >= 0.3 is 0 Å². The van der Waals surface area contributed by atoms with Crippen LogP contribution >= 0.6 is 0 Å². The molecule has 3 aromatic rings. The van der Waals surface area contributed by atoms with Gasteiger partial charge in [-0.25, -0.2) is 4.52 Å². The average Bonchev–Trinajstić information content (AvgIpc) is 3.26. The molecule has 2 atom stereocenters. The molecule has 1 saturated carbocycles. The normalized spacial score (nSPS) is 22.3. The highest BCUT2D eigenvalue weighted by Gasteiger charge is 2.31. The molecule has 0 aromatic carbocycles. The van der Waals surface area contributed by atoms with E-state index in [-0.39, 0.29) is 17.9 Å². The third-order valence-electron chi connectivity index (χ3n) is 5.85. The van der Waals surface area contributed by atoms with Crippen molar-refractivity contribution >= 4 is 17.2 Å². The lowest BCUT2D eigenvalue weighted by Gasteiger charge is -2.17. The van der Waals surface area contributed by atoms with Gasteiger partial charge in [0, 0.05) is 49.8 Å². The van der Waals surface area contributed by atoms with Crippen LogP contribution < -0.4 is 10.1 Å². The number of pyridine rings is 1. The van der Waals surface area contributed by atoms with E-state index >= 15 is 0 Å². The molecular formula is C21H26N6O2. The third-order valence-corrected chi connectivity index (χ3v) is 5.85. The Labute approximate surface area is 169 Å². The summed E-state index contributed by atoms with van der Waals surface area (Å²) in [6.07, 6.45) is 5.80. The number of amides is 1. The van der Waals surface area contributed by atoms with E-state index in [0.29, 0.717) is 11.7 Å². The zero-order chi connectivity index (χ0) is 20.1.